The van der Waals surface area contributed by atoms with E-state index in [1.807, 2.05) is 0 Å². The molecular weight excluding hydrogens is 296 g/mol. The second-order valence-corrected chi connectivity index (χ2v) is 4.75. The van der Waals surface area contributed by atoms with E-state index in [1.165, 1.54) is 6.21 Å². The third-order valence-corrected chi connectivity index (χ3v) is 3.11. The molecule has 120 valence electrons. The number of hydrogen-bond donors (Lipinski definition) is 2. The number of amides is 1. The summed E-state index contributed by atoms with van der Waals surface area (Å²) in [4.78, 5) is 11.9. The van der Waals surface area contributed by atoms with Crippen LogP contribution in [-0.2, 0) is 11.2 Å². The average Bonchev–Trinajstić information content (AvgIpc) is 2.56. The van der Waals surface area contributed by atoms with Crippen molar-refractivity contribution < 1.29 is 19.4 Å². The third kappa shape index (κ3) is 4.74. The summed E-state index contributed by atoms with van der Waals surface area (Å²) in [6, 6.07) is 11.8. The number of hydrogen-bond acceptors (Lipinski definition) is 5. The Bertz CT molecular complexity index is 696. The average molecular weight is 314 g/mol. The molecule has 0 radical (unpaired) electrons. The molecule has 0 fully saturated rings. The van der Waals surface area contributed by atoms with Crippen molar-refractivity contribution in [3.63, 3.8) is 0 Å². The van der Waals surface area contributed by atoms with Crippen molar-refractivity contribution in [2.24, 2.45) is 5.10 Å². The summed E-state index contributed by atoms with van der Waals surface area (Å²) in [7, 11) is 3.10. The van der Waals surface area contributed by atoms with E-state index in [2.05, 4.69) is 10.5 Å². The van der Waals surface area contributed by atoms with E-state index >= 15 is 0 Å². The van der Waals surface area contributed by atoms with Gasteiger partial charge in [0.25, 0.3) is 0 Å². The monoisotopic (exact) mass is 314 g/mol. The number of carbonyl (C=O) groups is 1. The second kappa shape index (κ2) is 7.84. The second-order valence-electron chi connectivity index (χ2n) is 4.75. The topological polar surface area (TPSA) is 80.2 Å². The van der Waals surface area contributed by atoms with Gasteiger partial charge in [0.05, 0.1) is 26.9 Å². The Morgan fingerprint density at radius 2 is 1.83 bits per heavy atom. The molecule has 0 atom stereocenters. The molecule has 6 heteroatoms. The highest BCUT2D eigenvalue weighted by Crippen LogP contribution is 2.27. The van der Waals surface area contributed by atoms with Crippen LogP contribution in [0, 0.1) is 0 Å². The van der Waals surface area contributed by atoms with Crippen LogP contribution in [0.15, 0.2) is 47.6 Å². The lowest BCUT2D eigenvalue weighted by Gasteiger charge is -2.09. The Kier molecular flexibility index (Phi) is 5.57. The largest absolute Gasteiger partial charge is 0.508 e. The zero-order valence-corrected chi connectivity index (χ0v) is 12.9. The zero-order valence-electron chi connectivity index (χ0n) is 12.9. The molecule has 2 rings (SSSR count). The van der Waals surface area contributed by atoms with Crippen LogP contribution in [0.3, 0.4) is 0 Å². The standard InChI is InChI=1S/C17H18N2O4/c1-22-15-8-5-13(9-16(15)23-2)10-17(21)19-18-11-12-3-6-14(20)7-4-12/h3-9,11,20H,10H2,1-2H3,(H,19,21)/b18-11+. The molecule has 0 aliphatic rings. The molecule has 0 saturated heterocycles. The highest BCUT2D eigenvalue weighted by molar-refractivity contribution is 5.83. The lowest BCUT2D eigenvalue weighted by atomic mass is 10.1. The lowest BCUT2D eigenvalue weighted by molar-refractivity contribution is -0.120. The molecule has 2 N–H and O–H groups in total. The molecule has 23 heavy (non-hydrogen) atoms. The van der Waals surface area contributed by atoms with Crippen molar-refractivity contribution >= 4 is 12.1 Å². The number of phenolic OH excluding ortho intramolecular Hbond substituents is 1. The minimum absolute atomic E-state index is 0.174. The summed E-state index contributed by atoms with van der Waals surface area (Å²) < 4.78 is 10.4. The Labute approximate surface area is 134 Å². The maximum absolute atomic E-state index is 11.9. The molecule has 0 aliphatic heterocycles. The molecular formula is C17H18N2O4. The Morgan fingerprint density at radius 1 is 1.13 bits per heavy atom. The molecule has 0 saturated carbocycles. The fourth-order valence-corrected chi connectivity index (χ4v) is 1.95. The predicted octanol–water partition coefficient (Wildman–Crippen LogP) is 2.10. The summed E-state index contributed by atoms with van der Waals surface area (Å²) >= 11 is 0. The van der Waals surface area contributed by atoms with Crippen LogP contribution in [0.25, 0.3) is 0 Å². The van der Waals surface area contributed by atoms with Crippen molar-refractivity contribution in [1.29, 1.82) is 0 Å². The first-order valence-corrected chi connectivity index (χ1v) is 6.94. The molecule has 0 bridgehead atoms. The molecule has 0 aliphatic carbocycles. The SMILES string of the molecule is COc1ccc(CC(=O)N/N=C/c2ccc(O)cc2)cc1OC. The lowest BCUT2D eigenvalue weighted by Crippen LogP contribution is -2.19. The number of phenols is 1. The van der Waals surface area contributed by atoms with E-state index < -0.39 is 0 Å². The van der Waals surface area contributed by atoms with Crippen molar-refractivity contribution in [1.82, 2.24) is 5.43 Å². The van der Waals surface area contributed by atoms with Crippen LogP contribution in [0.2, 0.25) is 0 Å². The minimum atomic E-state index is -0.243. The third-order valence-electron chi connectivity index (χ3n) is 3.11. The van der Waals surface area contributed by atoms with Gasteiger partial charge < -0.3 is 14.6 Å². The van der Waals surface area contributed by atoms with Crippen LogP contribution < -0.4 is 14.9 Å². The van der Waals surface area contributed by atoms with Gasteiger partial charge in [-0.25, -0.2) is 5.43 Å². The number of nitrogens with zero attached hydrogens (tertiary/aromatic N) is 1. The smallest absolute Gasteiger partial charge is 0.244 e. The van der Waals surface area contributed by atoms with Gasteiger partial charge in [-0.05, 0) is 47.5 Å². The summed E-state index contributed by atoms with van der Waals surface area (Å²) in [5.41, 5.74) is 4.02. The van der Waals surface area contributed by atoms with Crippen LogP contribution >= 0.6 is 0 Å². The van der Waals surface area contributed by atoms with Crippen molar-refractivity contribution in [3.8, 4) is 17.2 Å². The summed E-state index contributed by atoms with van der Waals surface area (Å²) in [6.07, 6.45) is 1.68. The van der Waals surface area contributed by atoms with Gasteiger partial charge in [-0.3, -0.25) is 4.79 Å². The van der Waals surface area contributed by atoms with E-state index in [4.69, 9.17) is 9.47 Å². The van der Waals surface area contributed by atoms with Gasteiger partial charge in [0.2, 0.25) is 5.91 Å². The molecule has 0 spiro atoms. The molecule has 0 unspecified atom stereocenters. The number of nitrogens with one attached hydrogen (secondary N) is 1. The summed E-state index contributed by atoms with van der Waals surface area (Å²) in [5.74, 6) is 1.12. The fourth-order valence-electron chi connectivity index (χ4n) is 1.95. The molecule has 0 aromatic heterocycles. The Hall–Kier alpha value is -3.02. The van der Waals surface area contributed by atoms with Crippen LogP contribution in [0.1, 0.15) is 11.1 Å². The van der Waals surface area contributed by atoms with E-state index in [1.54, 1.807) is 56.7 Å². The van der Waals surface area contributed by atoms with E-state index in [0.717, 1.165) is 11.1 Å². The number of carbonyl (C=O) groups excluding carboxylic acids is 1. The number of ether oxygens (including phenoxy) is 2. The van der Waals surface area contributed by atoms with Crippen molar-refractivity contribution in [2.75, 3.05) is 14.2 Å². The van der Waals surface area contributed by atoms with Gasteiger partial charge in [0.15, 0.2) is 11.5 Å². The quantitative estimate of drug-likeness (QED) is 0.632. The first-order valence-electron chi connectivity index (χ1n) is 6.94. The van der Waals surface area contributed by atoms with E-state index in [-0.39, 0.29) is 18.1 Å². The van der Waals surface area contributed by atoms with Gasteiger partial charge in [0.1, 0.15) is 5.75 Å². The minimum Gasteiger partial charge on any atom is -0.508 e. The summed E-state index contributed by atoms with van der Waals surface area (Å²) in [5, 5.41) is 13.1. The Morgan fingerprint density at radius 3 is 2.48 bits per heavy atom. The molecule has 1 amide bonds. The fraction of sp³-hybridized carbons (Fsp3) is 0.176. The number of aromatic hydroxyl groups is 1. The maximum Gasteiger partial charge on any atom is 0.244 e. The maximum atomic E-state index is 11.9. The molecule has 6 nitrogen and oxygen atoms in total. The molecule has 0 heterocycles. The van der Waals surface area contributed by atoms with Crippen molar-refractivity contribution in [3.05, 3.63) is 53.6 Å². The molecule has 2 aromatic carbocycles. The van der Waals surface area contributed by atoms with Gasteiger partial charge >= 0.3 is 0 Å². The molecule has 2 aromatic rings. The van der Waals surface area contributed by atoms with Crippen LogP contribution in [0.5, 0.6) is 17.2 Å². The number of rotatable bonds is 6. The van der Waals surface area contributed by atoms with E-state index in [0.29, 0.717) is 11.5 Å². The predicted molar refractivity (Wildman–Crippen MR) is 87.1 cm³/mol. The van der Waals surface area contributed by atoms with E-state index in [9.17, 15) is 9.90 Å². The number of hydrazone groups is 1. The Balaban J connectivity index is 1.93. The zero-order chi connectivity index (χ0) is 16.7. The normalized spacial score (nSPS) is 10.5. The van der Waals surface area contributed by atoms with Gasteiger partial charge in [-0.1, -0.05) is 6.07 Å². The van der Waals surface area contributed by atoms with Gasteiger partial charge in [0, 0.05) is 0 Å². The van der Waals surface area contributed by atoms with Crippen LogP contribution in [0.4, 0.5) is 0 Å². The van der Waals surface area contributed by atoms with Crippen LogP contribution in [-0.4, -0.2) is 31.4 Å². The highest BCUT2D eigenvalue weighted by Gasteiger charge is 2.07. The highest BCUT2D eigenvalue weighted by atomic mass is 16.5. The summed E-state index contributed by atoms with van der Waals surface area (Å²) in [6.45, 7) is 0. The van der Waals surface area contributed by atoms with Crippen molar-refractivity contribution in [2.45, 2.75) is 6.42 Å². The number of benzene rings is 2. The van der Waals surface area contributed by atoms with Gasteiger partial charge in [-0.2, -0.15) is 5.10 Å². The first-order chi connectivity index (χ1) is 11.1. The van der Waals surface area contributed by atoms with Gasteiger partial charge in [-0.15, -0.1) is 0 Å². The number of methoxy groups -OCH3 is 2. The first kappa shape index (κ1) is 16.4.